The van der Waals surface area contributed by atoms with E-state index in [1.807, 2.05) is 0 Å². The van der Waals surface area contributed by atoms with Crippen LogP contribution < -0.4 is 0 Å². The molecular formula is C12H14O2. The number of carbonyl (C=O) groups excluding carboxylic acids is 2. The van der Waals surface area contributed by atoms with E-state index in [0.717, 1.165) is 36.8 Å². The van der Waals surface area contributed by atoms with Crippen LogP contribution in [-0.4, -0.2) is 11.6 Å². The summed E-state index contributed by atoms with van der Waals surface area (Å²) in [6, 6.07) is 0. The van der Waals surface area contributed by atoms with Crippen LogP contribution in [-0.2, 0) is 9.59 Å². The van der Waals surface area contributed by atoms with Gasteiger partial charge in [0.25, 0.3) is 0 Å². The van der Waals surface area contributed by atoms with E-state index in [-0.39, 0.29) is 11.6 Å². The fourth-order valence-electron chi connectivity index (χ4n) is 2.09. The highest BCUT2D eigenvalue weighted by Crippen LogP contribution is 2.28. The summed E-state index contributed by atoms with van der Waals surface area (Å²) >= 11 is 0. The van der Waals surface area contributed by atoms with Gasteiger partial charge in [0.2, 0.25) is 11.6 Å². The summed E-state index contributed by atoms with van der Waals surface area (Å²) in [7, 11) is 0. The second-order valence-corrected chi connectivity index (χ2v) is 3.98. The number of ketones is 2. The number of hydrogen-bond donors (Lipinski definition) is 0. The van der Waals surface area contributed by atoms with Crippen molar-refractivity contribution in [2.24, 2.45) is 0 Å². The molecule has 0 aromatic carbocycles. The average molecular weight is 190 g/mol. The minimum absolute atomic E-state index is 0.343. The van der Waals surface area contributed by atoms with Crippen LogP contribution in [0.1, 0.15) is 38.5 Å². The molecule has 2 nitrogen and oxygen atoms in total. The summed E-state index contributed by atoms with van der Waals surface area (Å²) < 4.78 is 0. The van der Waals surface area contributed by atoms with E-state index < -0.39 is 0 Å². The summed E-state index contributed by atoms with van der Waals surface area (Å²) in [5.41, 5.74) is 2.21. The Balaban J connectivity index is 2.24. The molecular weight excluding hydrogens is 176 g/mol. The van der Waals surface area contributed by atoms with E-state index in [0.29, 0.717) is 0 Å². The maximum Gasteiger partial charge on any atom is 0.225 e. The minimum Gasteiger partial charge on any atom is -0.286 e. The lowest BCUT2D eigenvalue weighted by atomic mass is 9.87. The third-order valence-corrected chi connectivity index (χ3v) is 2.91. The number of rotatable bonds is 0. The van der Waals surface area contributed by atoms with E-state index in [4.69, 9.17) is 0 Å². The molecule has 0 aromatic rings. The van der Waals surface area contributed by atoms with Gasteiger partial charge in [-0.1, -0.05) is 12.8 Å². The van der Waals surface area contributed by atoms with Crippen LogP contribution in [0, 0.1) is 0 Å². The van der Waals surface area contributed by atoms with Gasteiger partial charge in [-0.15, -0.1) is 0 Å². The van der Waals surface area contributed by atoms with E-state index >= 15 is 0 Å². The van der Waals surface area contributed by atoms with E-state index in [9.17, 15) is 9.59 Å². The zero-order chi connectivity index (χ0) is 9.97. The highest BCUT2D eigenvalue weighted by molar-refractivity contribution is 6.46. The topological polar surface area (TPSA) is 34.1 Å². The molecule has 0 atom stereocenters. The Morgan fingerprint density at radius 3 is 1.57 bits per heavy atom. The summed E-state index contributed by atoms with van der Waals surface area (Å²) in [6.07, 6.45) is 9.79. The maximum atomic E-state index is 11.2. The van der Waals surface area contributed by atoms with Gasteiger partial charge in [0.15, 0.2) is 0 Å². The fourth-order valence-corrected chi connectivity index (χ4v) is 2.09. The molecule has 0 bridgehead atoms. The molecule has 2 rings (SSSR count). The molecule has 0 N–H and O–H groups in total. The molecule has 2 heteroatoms. The summed E-state index contributed by atoms with van der Waals surface area (Å²) in [5, 5.41) is 0. The van der Waals surface area contributed by atoms with Crippen LogP contribution in [0.15, 0.2) is 23.3 Å². The minimum atomic E-state index is -0.343. The first-order valence-electron chi connectivity index (χ1n) is 5.27. The standard InChI is InChI=1S/C12H14O2/c13-11-7-9-5-3-1-2-4-6-10(9)8-12(11)14/h7-8H,1-6H2. The smallest absolute Gasteiger partial charge is 0.225 e. The molecule has 0 spiro atoms. The normalized spacial score (nSPS) is 23.1. The number of carbonyl (C=O) groups is 2. The first-order chi connectivity index (χ1) is 6.77. The second-order valence-electron chi connectivity index (χ2n) is 3.98. The zero-order valence-electron chi connectivity index (χ0n) is 8.21. The average Bonchev–Trinajstić information content (AvgIpc) is 2.13. The lowest BCUT2D eigenvalue weighted by molar-refractivity contribution is -0.131. The largest absolute Gasteiger partial charge is 0.286 e. The second kappa shape index (κ2) is 3.91. The molecule has 0 aromatic heterocycles. The summed E-state index contributed by atoms with van der Waals surface area (Å²) in [4.78, 5) is 22.4. The van der Waals surface area contributed by atoms with Crippen LogP contribution in [0.4, 0.5) is 0 Å². The van der Waals surface area contributed by atoms with Crippen LogP contribution in [0.2, 0.25) is 0 Å². The lowest BCUT2D eigenvalue weighted by Crippen LogP contribution is -2.15. The summed E-state index contributed by atoms with van der Waals surface area (Å²) in [6.45, 7) is 0. The van der Waals surface area contributed by atoms with Crippen molar-refractivity contribution in [3.63, 3.8) is 0 Å². The van der Waals surface area contributed by atoms with E-state index in [1.165, 1.54) is 12.8 Å². The van der Waals surface area contributed by atoms with Crippen molar-refractivity contribution in [1.82, 2.24) is 0 Å². The van der Waals surface area contributed by atoms with Crippen LogP contribution in [0.3, 0.4) is 0 Å². The quantitative estimate of drug-likeness (QED) is 0.434. The Hall–Kier alpha value is -1.18. The Kier molecular flexibility index (Phi) is 2.62. The molecule has 2 aliphatic rings. The molecule has 14 heavy (non-hydrogen) atoms. The van der Waals surface area contributed by atoms with Crippen molar-refractivity contribution in [2.75, 3.05) is 0 Å². The first kappa shape index (κ1) is 9.38. The first-order valence-corrected chi connectivity index (χ1v) is 5.27. The van der Waals surface area contributed by atoms with Gasteiger partial charge in [-0.2, -0.15) is 0 Å². The highest BCUT2D eigenvalue weighted by atomic mass is 16.2. The molecule has 1 saturated carbocycles. The van der Waals surface area contributed by atoms with Crippen molar-refractivity contribution < 1.29 is 9.59 Å². The van der Waals surface area contributed by atoms with Gasteiger partial charge in [-0.25, -0.2) is 0 Å². The molecule has 0 unspecified atom stereocenters. The monoisotopic (exact) mass is 190 g/mol. The van der Waals surface area contributed by atoms with Gasteiger partial charge in [-0.05, 0) is 49.0 Å². The molecule has 2 aliphatic carbocycles. The molecule has 0 amide bonds. The van der Waals surface area contributed by atoms with Crippen molar-refractivity contribution in [1.29, 1.82) is 0 Å². The molecule has 0 radical (unpaired) electrons. The van der Waals surface area contributed by atoms with Gasteiger partial charge in [0.05, 0.1) is 0 Å². The Labute approximate surface area is 83.7 Å². The Morgan fingerprint density at radius 1 is 0.714 bits per heavy atom. The lowest BCUT2D eigenvalue weighted by Gasteiger charge is -2.17. The van der Waals surface area contributed by atoms with Gasteiger partial charge < -0.3 is 0 Å². The summed E-state index contributed by atoms with van der Waals surface area (Å²) in [5.74, 6) is -0.686. The Morgan fingerprint density at radius 2 is 1.14 bits per heavy atom. The van der Waals surface area contributed by atoms with Gasteiger partial charge in [-0.3, -0.25) is 9.59 Å². The molecule has 0 saturated heterocycles. The molecule has 74 valence electrons. The van der Waals surface area contributed by atoms with Crippen LogP contribution >= 0.6 is 0 Å². The number of fused-ring (bicyclic) bond motifs is 1. The fraction of sp³-hybridized carbons (Fsp3) is 0.500. The van der Waals surface area contributed by atoms with Crippen molar-refractivity contribution in [3.05, 3.63) is 23.3 Å². The third-order valence-electron chi connectivity index (χ3n) is 2.91. The van der Waals surface area contributed by atoms with E-state index in [2.05, 4.69) is 0 Å². The molecule has 0 heterocycles. The van der Waals surface area contributed by atoms with Crippen LogP contribution in [0.25, 0.3) is 0 Å². The van der Waals surface area contributed by atoms with E-state index in [1.54, 1.807) is 12.2 Å². The highest BCUT2D eigenvalue weighted by Gasteiger charge is 2.20. The van der Waals surface area contributed by atoms with Crippen molar-refractivity contribution in [2.45, 2.75) is 38.5 Å². The molecule has 0 aliphatic heterocycles. The SMILES string of the molecule is O=C1C=C2CCCCCCC2=CC1=O. The maximum absolute atomic E-state index is 11.2. The van der Waals surface area contributed by atoms with Gasteiger partial charge >= 0.3 is 0 Å². The predicted molar refractivity (Wildman–Crippen MR) is 53.9 cm³/mol. The predicted octanol–water partition coefficient (Wildman–Crippen LogP) is 2.35. The van der Waals surface area contributed by atoms with Crippen molar-refractivity contribution >= 4 is 11.6 Å². The van der Waals surface area contributed by atoms with Gasteiger partial charge in [0, 0.05) is 0 Å². The third kappa shape index (κ3) is 1.84. The number of hydrogen-bond acceptors (Lipinski definition) is 2. The van der Waals surface area contributed by atoms with Gasteiger partial charge in [0.1, 0.15) is 0 Å². The Bertz CT molecular complexity index is 300. The molecule has 1 fully saturated rings. The zero-order valence-corrected chi connectivity index (χ0v) is 8.21. The van der Waals surface area contributed by atoms with Crippen molar-refractivity contribution in [3.8, 4) is 0 Å². The van der Waals surface area contributed by atoms with Crippen LogP contribution in [0.5, 0.6) is 0 Å². The number of allylic oxidation sites excluding steroid dienone is 4.